The zero-order valence-electron chi connectivity index (χ0n) is 10.2. The lowest BCUT2D eigenvalue weighted by Crippen LogP contribution is -2.39. The number of ether oxygens (including phenoxy) is 1. The van der Waals surface area contributed by atoms with Crippen molar-refractivity contribution < 1.29 is 9.53 Å². The standard InChI is InChI=1S/C11H17N3O2S/c1-3-16-10(15)9-5-4-6-14(7-9)11-13-12-8(2)17-11/h9H,3-7H2,1-2H3. The van der Waals surface area contributed by atoms with Crippen molar-refractivity contribution in [1.82, 2.24) is 10.2 Å². The van der Waals surface area contributed by atoms with Crippen LogP contribution in [-0.2, 0) is 9.53 Å². The molecular weight excluding hydrogens is 238 g/mol. The molecule has 0 bridgehead atoms. The average molecular weight is 255 g/mol. The van der Waals surface area contributed by atoms with Gasteiger partial charge in [0, 0.05) is 13.1 Å². The van der Waals surface area contributed by atoms with Gasteiger partial charge in [0.2, 0.25) is 5.13 Å². The molecule has 1 fully saturated rings. The summed E-state index contributed by atoms with van der Waals surface area (Å²) in [5, 5.41) is 10.0. The number of rotatable bonds is 3. The van der Waals surface area contributed by atoms with Gasteiger partial charge in [-0.25, -0.2) is 0 Å². The van der Waals surface area contributed by atoms with E-state index in [1.54, 1.807) is 11.3 Å². The Bertz CT molecular complexity index is 394. The third kappa shape index (κ3) is 2.94. The van der Waals surface area contributed by atoms with Crippen LogP contribution in [0.2, 0.25) is 0 Å². The van der Waals surface area contributed by atoms with Crippen LogP contribution in [0.15, 0.2) is 0 Å². The van der Waals surface area contributed by atoms with Crippen LogP contribution >= 0.6 is 11.3 Å². The number of carbonyl (C=O) groups is 1. The van der Waals surface area contributed by atoms with Crippen molar-refractivity contribution in [2.75, 3.05) is 24.6 Å². The third-order valence-electron chi connectivity index (χ3n) is 2.83. The Kier molecular flexibility index (Phi) is 3.93. The van der Waals surface area contributed by atoms with Crippen molar-refractivity contribution >= 4 is 22.4 Å². The van der Waals surface area contributed by atoms with E-state index >= 15 is 0 Å². The van der Waals surface area contributed by atoms with E-state index in [0.29, 0.717) is 13.2 Å². The van der Waals surface area contributed by atoms with Crippen LogP contribution in [0.3, 0.4) is 0 Å². The largest absolute Gasteiger partial charge is 0.466 e. The van der Waals surface area contributed by atoms with Crippen molar-refractivity contribution in [3.05, 3.63) is 5.01 Å². The molecule has 94 valence electrons. The molecule has 1 aromatic heterocycles. The van der Waals surface area contributed by atoms with Gasteiger partial charge in [0.05, 0.1) is 12.5 Å². The van der Waals surface area contributed by atoms with Gasteiger partial charge in [0.1, 0.15) is 5.01 Å². The highest BCUT2D eigenvalue weighted by Gasteiger charge is 2.28. The molecule has 2 heterocycles. The molecule has 1 atom stereocenters. The van der Waals surface area contributed by atoms with Crippen LogP contribution in [-0.4, -0.2) is 35.9 Å². The summed E-state index contributed by atoms with van der Waals surface area (Å²) in [6.45, 7) is 5.88. The smallest absolute Gasteiger partial charge is 0.310 e. The van der Waals surface area contributed by atoms with E-state index in [0.717, 1.165) is 29.5 Å². The fourth-order valence-electron chi connectivity index (χ4n) is 2.02. The number of nitrogens with zero attached hydrogens (tertiary/aromatic N) is 3. The minimum Gasteiger partial charge on any atom is -0.466 e. The van der Waals surface area contributed by atoms with Gasteiger partial charge in [0.25, 0.3) is 0 Å². The lowest BCUT2D eigenvalue weighted by molar-refractivity contribution is -0.148. The van der Waals surface area contributed by atoms with E-state index in [9.17, 15) is 4.79 Å². The number of hydrogen-bond donors (Lipinski definition) is 0. The molecule has 0 radical (unpaired) electrons. The van der Waals surface area contributed by atoms with E-state index in [4.69, 9.17) is 4.74 Å². The van der Waals surface area contributed by atoms with Crippen LogP contribution in [0, 0.1) is 12.8 Å². The fourth-order valence-corrected chi connectivity index (χ4v) is 2.74. The topological polar surface area (TPSA) is 55.3 Å². The summed E-state index contributed by atoms with van der Waals surface area (Å²) in [6.07, 6.45) is 1.91. The zero-order chi connectivity index (χ0) is 12.3. The maximum Gasteiger partial charge on any atom is 0.310 e. The van der Waals surface area contributed by atoms with Gasteiger partial charge in [0.15, 0.2) is 0 Å². The molecule has 17 heavy (non-hydrogen) atoms. The predicted octanol–water partition coefficient (Wildman–Crippen LogP) is 1.63. The average Bonchev–Trinajstić information content (AvgIpc) is 2.76. The number of anilines is 1. The minimum absolute atomic E-state index is 0.0205. The molecule has 1 aromatic rings. The lowest BCUT2D eigenvalue weighted by Gasteiger charge is -2.30. The molecule has 0 spiro atoms. The van der Waals surface area contributed by atoms with Crippen LogP contribution in [0.4, 0.5) is 5.13 Å². The summed E-state index contributed by atoms with van der Waals surface area (Å²) in [7, 11) is 0. The van der Waals surface area contributed by atoms with Crippen molar-refractivity contribution in [2.45, 2.75) is 26.7 Å². The molecule has 0 N–H and O–H groups in total. The second kappa shape index (κ2) is 5.44. The highest BCUT2D eigenvalue weighted by atomic mass is 32.1. The Morgan fingerprint density at radius 3 is 3.06 bits per heavy atom. The molecule has 1 aliphatic rings. The summed E-state index contributed by atoms with van der Waals surface area (Å²) in [5.74, 6) is -0.105. The Balaban J connectivity index is 1.99. The number of aromatic nitrogens is 2. The SMILES string of the molecule is CCOC(=O)C1CCCN(c2nnc(C)s2)C1. The second-order valence-corrected chi connectivity index (χ2v) is 5.30. The summed E-state index contributed by atoms with van der Waals surface area (Å²) >= 11 is 1.57. The van der Waals surface area contributed by atoms with E-state index in [1.165, 1.54) is 0 Å². The van der Waals surface area contributed by atoms with Gasteiger partial charge in [-0.3, -0.25) is 4.79 Å². The summed E-state index contributed by atoms with van der Waals surface area (Å²) in [4.78, 5) is 13.8. The van der Waals surface area contributed by atoms with Crippen LogP contribution in [0.1, 0.15) is 24.8 Å². The van der Waals surface area contributed by atoms with Crippen molar-refractivity contribution in [3.63, 3.8) is 0 Å². The monoisotopic (exact) mass is 255 g/mol. The first-order valence-corrected chi connectivity index (χ1v) is 6.74. The van der Waals surface area contributed by atoms with E-state index in [-0.39, 0.29) is 11.9 Å². The predicted molar refractivity (Wildman–Crippen MR) is 66.2 cm³/mol. The lowest BCUT2D eigenvalue weighted by atomic mass is 9.99. The van der Waals surface area contributed by atoms with Gasteiger partial charge in [-0.2, -0.15) is 0 Å². The zero-order valence-corrected chi connectivity index (χ0v) is 11.0. The van der Waals surface area contributed by atoms with Crippen LogP contribution < -0.4 is 4.90 Å². The second-order valence-electron chi connectivity index (χ2n) is 4.14. The van der Waals surface area contributed by atoms with Crippen LogP contribution in [0.25, 0.3) is 0 Å². The van der Waals surface area contributed by atoms with Gasteiger partial charge in [-0.15, -0.1) is 10.2 Å². The molecule has 5 nitrogen and oxygen atoms in total. The molecular formula is C11H17N3O2S. The molecule has 0 aromatic carbocycles. The number of piperidine rings is 1. The minimum atomic E-state index is -0.0848. The van der Waals surface area contributed by atoms with E-state index in [2.05, 4.69) is 15.1 Å². The first kappa shape index (κ1) is 12.3. The summed E-state index contributed by atoms with van der Waals surface area (Å²) in [6, 6.07) is 0. The molecule has 1 saturated heterocycles. The molecule has 1 aliphatic heterocycles. The quantitative estimate of drug-likeness (QED) is 0.768. The molecule has 6 heteroatoms. The van der Waals surface area contributed by atoms with E-state index < -0.39 is 0 Å². The van der Waals surface area contributed by atoms with Gasteiger partial charge in [-0.05, 0) is 26.7 Å². The first-order chi connectivity index (χ1) is 8.20. The maximum absolute atomic E-state index is 11.7. The Labute approximate surface area is 105 Å². The molecule has 0 amide bonds. The Hall–Kier alpha value is -1.17. The molecule has 0 aliphatic carbocycles. The van der Waals surface area contributed by atoms with Crippen molar-refractivity contribution in [2.24, 2.45) is 5.92 Å². The summed E-state index contributed by atoms with van der Waals surface area (Å²) in [5.41, 5.74) is 0. The van der Waals surface area contributed by atoms with Gasteiger partial charge >= 0.3 is 5.97 Å². The highest BCUT2D eigenvalue weighted by molar-refractivity contribution is 7.15. The third-order valence-corrected chi connectivity index (χ3v) is 3.73. The number of hydrogen-bond acceptors (Lipinski definition) is 6. The van der Waals surface area contributed by atoms with E-state index in [1.807, 2.05) is 13.8 Å². The van der Waals surface area contributed by atoms with Crippen molar-refractivity contribution in [3.8, 4) is 0 Å². The number of aryl methyl sites for hydroxylation is 1. The fraction of sp³-hybridized carbons (Fsp3) is 0.727. The Morgan fingerprint density at radius 1 is 1.59 bits per heavy atom. The van der Waals surface area contributed by atoms with Crippen LogP contribution in [0.5, 0.6) is 0 Å². The molecule has 2 rings (SSSR count). The van der Waals surface area contributed by atoms with Crippen molar-refractivity contribution in [1.29, 1.82) is 0 Å². The maximum atomic E-state index is 11.7. The number of esters is 1. The molecule has 0 saturated carbocycles. The normalized spacial score (nSPS) is 20.4. The number of carbonyl (C=O) groups excluding carboxylic acids is 1. The highest BCUT2D eigenvalue weighted by Crippen LogP contribution is 2.26. The first-order valence-electron chi connectivity index (χ1n) is 5.92. The van der Waals surface area contributed by atoms with Gasteiger partial charge in [-0.1, -0.05) is 11.3 Å². The van der Waals surface area contributed by atoms with Gasteiger partial charge < -0.3 is 9.64 Å². The summed E-state index contributed by atoms with van der Waals surface area (Å²) < 4.78 is 5.07. The molecule has 1 unspecified atom stereocenters. The Morgan fingerprint density at radius 2 is 2.41 bits per heavy atom.